The lowest BCUT2D eigenvalue weighted by Crippen LogP contribution is -2.33. The number of rotatable bonds is 7. The van der Waals surface area contributed by atoms with Gasteiger partial charge in [0, 0.05) is 0 Å². The molecule has 30 heavy (non-hydrogen) atoms. The smallest absolute Gasteiger partial charge is 0.364 e. The van der Waals surface area contributed by atoms with Gasteiger partial charge in [-0.25, -0.2) is 9.59 Å². The van der Waals surface area contributed by atoms with E-state index in [4.69, 9.17) is 25.8 Å². The van der Waals surface area contributed by atoms with Gasteiger partial charge < -0.3 is 25.4 Å². The minimum absolute atomic E-state index is 0.289. The van der Waals surface area contributed by atoms with E-state index in [1.165, 1.54) is 0 Å². The van der Waals surface area contributed by atoms with Crippen LogP contribution in [0.25, 0.3) is 10.8 Å². The highest BCUT2D eigenvalue weighted by molar-refractivity contribution is 5.90. The van der Waals surface area contributed by atoms with E-state index in [9.17, 15) is 9.59 Å². The monoisotopic (exact) mass is 407 g/mol. The van der Waals surface area contributed by atoms with Gasteiger partial charge in [0.05, 0.1) is 5.56 Å². The van der Waals surface area contributed by atoms with Crippen molar-refractivity contribution >= 4 is 22.7 Å². The third-order valence-corrected chi connectivity index (χ3v) is 4.18. The minimum Gasteiger partial charge on any atom is -0.439 e. The second kappa shape index (κ2) is 9.44. The molecule has 0 aliphatic carbocycles. The summed E-state index contributed by atoms with van der Waals surface area (Å²) in [6.07, 6.45) is 0. The van der Waals surface area contributed by atoms with Crippen LogP contribution in [0, 0.1) is 6.92 Å². The lowest BCUT2D eigenvalue weighted by molar-refractivity contribution is -0.148. The zero-order chi connectivity index (χ0) is 21.5. The Balaban J connectivity index is 1.63. The first-order chi connectivity index (χ1) is 14.5. The molecule has 8 heteroatoms. The van der Waals surface area contributed by atoms with Crippen LogP contribution >= 0.6 is 0 Å². The summed E-state index contributed by atoms with van der Waals surface area (Å²) in [5.74, 6) is 3.94. The van der Waals surface area contributed by atoms with E-state index >= 15 is 0 Å². The van der Waals surface area contributed by atoms with Crippen molar-refractivity contribution in [3.63, 3.8) is 0 Å². The summed E-state index contributed by atoms with van der Waals surface area (Å²) in [6.45, 7) is 1.40. The van der Waals surface area contributed by atoms with Crippen LogP contribution in [0.1, 0.15) is 15.9 Å². The topological polar surface area (TPSA) is 126 Å². The van der Waals surface area contributed by atoms with E-state index < -0.39 is 18.7 Å². The van der Waals surface area contributed by atoms with Gasteiger partial charge in [0.15, 0.2) is 5.70 Å². The molecule has 0 aliphatic rings. The first-order valence-electron chi connectivity index (χ1n) is 9.02. The Kier molecular flexibility index (Phi) is 6.51. The number of ether oxygens (including phenoxy) is 3. The van der Waals surface area contributed by atoms with E-state index in [1.54, 1.807) is 42.5 Å². The number of carbonyl (C=O) groups is 2. The van der Waals surface area contributed by atoms with Gasteiger partial charge in [-0.05, 0) is 42.0 Å². The number of esters is 2. The largest absolute Gasteiger partial charge is 0.439 e. The molecule has 0 atom stereocenters. The van der Waals surface area contributed by atoms with Gasteiger partial charge >= 0.3 is 11.9 Å². The Morgan fingerprint density at radius 3 is 2.37 bits per heavy atom. The Morgan fingerprint density at radius 2 is 1.63 bits per heavy atom. The summed E-state index contributed by atoms with van der Waals surface area (Å²) in [7, 11) is 0. The number of aryl methyl sites for hydroxylation is 1. The first-order valence-corrected chi connectivity index (χ1v) is 9.02. The summed E-state index contributed by atoms with van der Waals surface area (Å²) in [5, 5.41) is 1.99. The summed E-state index contributed by atoms with van der Waals surface area (Å²) in [4.78, 5) is 24.1. The van der Waals surface area contributed by atoms with Crippen LogP contribution in [0.15, 0.2) is 78.3 Å². The molecule has 0 bridgehead atoms. The average Bonchev–Trinajstić information content (AvgIpc) is 2.75. The van der Waals surface area contributed by atoms with E-state index in [2.05, 4.69) is 5.43 Å². The maximum atomic E-state index is 12.2. The number of hydrogen-bond acceptors (Lipinski definition) is 8. The van der Waals surface area contributed by atoms with Crippen LogP contribution in [0.2, 0.25) is 0 Å². The normalized spacial score (nSPS) is 11.4. The maximum Gasteiger partial charge on any atom is 0.364 e. The molecule has 5 N–H and O–H groups in total. The van der Waals surface area contributed by atoms with Gasteiger partial charge in [0.1, 0.15) is 5.75 Å². The van der Waals surface area contributed by atoms with E-state index in [0.29, 0.717) is 11.3 Å². The van der Waals surface area contributed by atoms with Crippen molar-refractivity contribution in [2.45, 2.75) is 6.92 Å². The third-order valence-electron chi connectivity index (χ3n) is 4.18. The van der Waals surface area contributed by atoms with Crippen molar-refractivity contribution in [3.05, 3.63) is 89.4 Å². The highest BCUT2D eigenvalue weighted by atomic mass is 16.7. The maximum absolute atomic E-state index is 12.2. The van der Waals surface area contributed by atoms with Gasteiger partial charge in [-0.2, -0.15) is 0 Å². The van der Waals surface area contributed by atoms with E-state index in [-0.39, 0.29) is 11.6 Å². The quantitative estimate of drug-likeness (QED) is 0.136. The standard InChI is InChI=1S/C22H21N3O5/c1-14-7-8-17-12-18(10-9-16(17)11-14)30-20(23)19(25-24)22(27)29-13-28-21(26)15-5-3-2-4-6-15/h2-12,25H,13,23-24H2,1H3/b20-19+. The van der Waals surface area contributed by atoms with Crippen LogP contribution < -0.4 is 21.7 Å². The summed E-state index contributed by atoms with van der Waals surface area (Å²) in [6, 6.07) is 19.6. The molecule has 0 aliphatic heterocycles. The van der Waals surface area contributed by atoms with Gasteiger partial charge in [-0.15, -0.1) is 0 Å². The summed E-state index contributed by atoms with van der Waals surface area (Å²) >= 11 is 0. The van der Waals surface area contributed by atoms with Gasteiger partial charge in [-0.3, -0.25) is 5.84 Å². The zero-order valence-corrected chi connectivity index (χ0v) is 16.3. The minimum atomic E-state index is -0.938. The number of nitrogens with one attached hydrogen (secondary N) is 1. The highest BCUT2D eigenvalue weighted by Gasteiger charge is 2.18. The molecule has 0 fully saturated rings. The van der Waals surface area contributed by atoms with Crippen LogP contribution in [0.4, 0.5) is 0 Å². The van der Waals surface area contributed by atoms with Crippen molar-refractivity contribution in [1.29, 1.82) is 0 Å². The molecular formula is C22H21N3O5. The Morgan fingerprint density at radius 1 is 0.933 bits per heavy atom. The number of carbonyl (C=O) groups excluding carboxylic acids is 2. The predicted molar refractivity (Wildman–Crippen MR) is 111 cm³/mol. The average molecular weight is 407 g/mol. The van der Waals surface area contributed by atoms with Crippen molar-refractivity contribution < 1.29 is 23.8 Å². The second-order valence-corrected chi connectivity index (χ2v) is 6.35. The zero-order valence-electron chi connectivity index (χ0n) is 16.3. The molecule has 3 rings (SSSR count). The molecule has 3 aromatic rings. The van der Waals surface area contributed by atoms with Crippen LogP contribution in [-0.4, -0.2) is 18.7 Å². The Bertz CT molecular complexity index is 1100. The Hall–Kier alpha value is -4.04. The Labute approximate surface area is 173 Å². The number of hydrogen-bond donors (Lipinski definition) is 3. The summed E-state index contributed by atoms with van der Waals surface area (Å²) < 4.78 is 15.3. The lowest BCUT2D eigenvalue weighted by Gasteiger charge is -2.12. The number of benzene rings is 3. The highest BCUT2D eigenvalue weighted by Crippen LogP contribution is 2.23. The van der Waals surface area contributed by atoms with E-state index in [1.807, 2.05) is 31.2 Å². The number of hydrazine groups is 1. The van der Waals surface area contributed by atoms with Gasteiger partial charge in [-0.1, -0.05) is 48.0 Å². The first kappa shape index (κ1) is 20.7. The van der Waals surface area contributed by atoms with Crippen molar-refractivity contribution in [3.8, 4) is 5.75 Å². The molecule has 0 saturated heterocycles. The van der Waals surface area contributed by atoms with Crippen LogP contribution in [-0.2, 0) is 14.3 Å². The lowest BCUT2D eigenvalue weighted by atomic mass is 10.1. The molecular weight excluding hydrogens is 386 g/mol. The molecule has 0 amide bonds. The predicted octanol–water partition coefficient (Wildman–Crippen LogP) is 2.48. The van der Waals surface area contributed by atoms with Crippen LogP contribution in [0.5, 0.6) is 5.75 Å². The fourth-order valence-electron chi connectivity index (χ4n) is 2.68. The number of nitrogens with two attached hydrogens (primary N) is 2. The molecule has 0 spiro atoms. The van der Waals surface area contributed by atoms with Crippen molar-refractivity contribution in [2.75, 3.05) is 6.79 Å². The molecule has 0 unspecified atom stereocenters. The SMILES string of the molecule is Cc1ccc2cc(O/C(N)=C(/NN)C(=O)OCOC(=O)c3ccccc3)ccc2c1. The van der Waals surface area contributed by atoms with E-state index in [0.717, 1.165) is 16.3 Å². The number of fused-ring (bicyclic) bond motifs is 1. The molecule has 0 aromatic heterocycles. The van der Waals surface area contributed by atoms with Crippen molar-refractivity contribution in [2.24, 2.45) is 11.6 Å². The molecule has 8 nitrogen and oxygen atoms in total. The van der Waals surface area contributed by atoms with Gasteiger partial charge in [0.25, 0.3) is 0 Å². The summed E-state index contributed by atoms with van der Waals surface area (Å²) in [5.41, 5.74) is 9.17. The van der Waals surface area contributed by atoms with Gasteiger partial charge in [0.2, 0.25) is 12.7 Å². The molecule has 3 aromatic carbocycles. The van der Waals surface area contributed by atoms with Crippen molar-refractivity contribution in [1.82, 2.24) is 5.43 Å². The molecule has 154 valence electrons. The molecule has 0 saturated carbocycles. The fraction of sp³-hybridized carbons (Fsp3) is 0.0909. The molecule has 0 heterocycles. The fourth-order valence-corrected chi connectivity index (χ4v) is 2.68. The molecule has 0 radical (unpaired) electrons. The second-order valence-electron chi connectivity index (χ2n) is 6.35. The van der Waals surface area contributed by atoms with Crippen LogP contribution in [0.3, 0.4) is 0 Å². The third kappa shape index (κ3) is 5.06.